The zero-order valence-electron chi connectivity index (χ0n) is 12.8. The molecule has 1 aliphatic heterocycles. The van der Waals surface area contributed by atoms with E-state index < -0.39 is 0 Å². The summed E-state index contributed by atoms with van der Waals surface area (Å²) in [7, 11) is 1.80. The van der Waals surface area contributed by atoms with E-state index in [2.05, 4.69) is 32.2 Å². The topological polar surface area (TPSA) is 21.3 Å². The lowest BCUT2D eigenvalue weighted by molar-refractivity contribution is 0.353. The minimum atomic E-state index is 0.833. The third-order valence-electron chi connectivity index (χ3n) is 4.52. The molecule has 0 radical (unpaired) electrons. The molecule has 1 unspecified atom stereocenters. The van der Waals surface area contributed by atoms with E-state index in [1.807, 2.05) is 0 Å². The maximum Gasteiger partial charge on any atom is 0.125 e. The van der Waals surface area contributed by atoms with Crippen molar-refractivity contribution in [3.05, 3.63) is 28.3 Å². The number of hydrogen-bond donors (Lipinski definition) is 1. The highest BCUT2D eigenvalue weighted by atomic mass is 16.5. The average Bonchev–Trinajstić information content (AvgIpc) is 2.42. The van der Waals surface area contributed by atoms with Crippen LogP contribution >= 0.6 is 0 Å². The average molecular weight is 261 g/mol. The van der Waals surface area contributed by atoms with Crippen molar-refractivity contribution >= 4 is 0 Å². The fourth-order valence-corrected chi connectivity index (χ4v) is 3.21. The van der Waals surface area contributed by atoms with Gasteiger partial charge in [0.2, 0.25) is 0 Å². The second-order valence-corrected chi connectivity index (χ2v) is 5.90. The van der Waals surface area contributed by atoms with Gasteiger partial charge in [-0.2, -0.15) is 0 Å². The number of benzene rings is 1. The monoisotopic (exact) mass is 261 g/mol. The van der Waals surface area contributed by atoms with Crippen LogP contribution < -0.4 is 10.1 Å². The van der Waals surface area contributed by atoms with Gasteiger partial charge in [-0.25, -0.2) is 0 Å². The summed E-state index contributed by atoms with van der Waals surface area (Å²) in [6.45, 7) is 8.93. The first kappa shape index (κ1) is 14.4. The van der Waals surface area contributed by atoms with Crippen molar-refractivity contribution in [3.63, 3.8) is 0 Å². The Hall–Kier alpha value is -1.02. The second kappa shape index (κ2) is 6.42. The Balaban J connectivity index is 2.12. The zero-order valence-corrected chi connectivity index (χ0v) is 12.8. The van der Waals surface area contributed by atoms with Gasteiger partial charge >= 0.3 is 0 Å². The van der Waals surface area contributed by atoms with Crippen molar-refractivity contribution in [2.75, 3.05) is 20.2 Å². The summed E-state index contributed by atoms with van der Waals surface area (Å²) in [6, 6.07) is 2.30. The molecular weight excluding hydrogens is 234 g/mol. The maximum absolute atomic E-state index is 5.66. The summed E-state index contributed by atoms with van der Waals surface area (Å²) in [6.07, 6.45) is 5.11. The summed E-state index contributed by atoms with van der Waals surface area (Å²) in [5.74, 6) is 1.95. The van der Waals surface area contributed by atoms with E-state index in [4.69, 9.17) is 4.74 Å². The van der Waals surface area contributed by atoms with Gasteiger partial charge < -0.3 is 10.1 Å². The van der Waals surface area contributed by atoms with Crippen LogP contribution in [0.15, 0.2) is 6.07 Å². The third-order valence-corrected chi connectivity index (χ3v) is 4.52. The molecule has 1 fully saturated rings. The molecule has 1 saturated heterocycles. The lowest BCUT2D eigenvalue weighted by atomic mass is 9.89. The predicted octanol–water partition coefficient (Wildman–Crippen LogP) is 3.55. The third kappa shape index (κ3) is 3.30. The summed E-state index contributed by atoms with van der Waals surface area (Å²) >= 11 is 0. The van der Waals surface area contributed by atoms with Crippen LogP contribution in [0.25, 0.3) is 0 Å². The molecule has 0 saturated carbocycles. The SMILES string of the molecule is COc1c(C)c(C)cc(C)c1CCC1CCCNC1. The Morgan fingerprint density at radius 2 is 2.05 bits per heavy atom. The van der Waals surface area contributed by atoms with Crippen LogP contribution in [0.5, 0.6) is 5.75 Å². The molecular formula is C17H27NO. The van der Waals surface area contributed by atoms with Gasteiger partial charge in [0.15, 0.2) is 0 Å². The molecule has 2 nitrogen and oxygen atoms in total. The highest BCUT2D eigenvalue weighted by Gasteiger charge is 2.16. The van der Waals surface area contributed by atoms with Crippen LogP contribution in [0.1, 0.15) is 41.5 Å². The fraction of sp³-hybridized carbons (Fsp3) is 0.647. The van der Waals surface area contributed by atoms with Crippen molar-refractivity contribution in [3.8, 4) is 5.75 Å². The van der Waals surface area contributed by atoms with Gasteiger partial charge in [0.1, 0.15) is 5.75 Å². The number of piperidine rings is 1. The number of aryl methyl sites for hydroxylation is 2. The molecule has 0 spiro atoms. The molecule has 1 atom stereocenters. The first-order valence-corrected chi connectivity index (χ1v) is 7.48. The van der Waals surface area contributed by atoms with Crippen molar-refractivity contribution in [1.29, 1.82) is 0 Å². The first-order chi connectivity index (χ1) is 9.13. The lowest BCUT2D eigenvalue weighted by Gasteiger charge is -2.24. The fourth-order valence-electron chi connectivity index (χ4n) is 3.21. The van der Waals surface area contributed by atoms with Crippen LogP contribution in [0, 0.1) is 26.7 Å². The number of rotatable bonds is 4. The van der Waals surface area contributed by atoms with Gasteiger partial charge in [-0.15, -0.1) is 0 Å². The summed E-state index contributed by atoms with van der Waals surface area (Å²) < 4.78 is 5.66. The number of hydrogen-bond acceptors (Lipinski definition) is 2. The molecule has 1 heterocycles. The van der Waals surface area contributed by atoms with Crippen LogP contribution in [-0.2, 0) is 6.42 Å². The summed E-state index contributed by atoms with van der Waals surface area (Å²) in [5.41, 5.74) is 5.42. The molecule has 1 aromatic rings. The molecule has 106 valence electrons. The van der Waals surface area contributed by atoms with Crippen LogP contribution in [-0.4, -0.2) is 20.2 Å². The van der Waals surface area contributed by atoms with Gasteiger partial charge in [-0.05, 0) is 87.7 Å². The van der Waals surface area contributed by atoms with Crippen molar-refractivity contribution in [2.24, 2.45) is 5.92 Å². The van der Waals surface area contributed by atoms with Gasteiger partial charge in [-0.3, -0.25) is 0 Å². The minimum absolute atomic E-state index is 0.833. The van der Waals surface area contributed by atoms with E-state index in [1.165, 1.54) is 54.6 Å². The molecule has 2 rings (SSSR count). The standard InChI is InChI=1S/C17H27NO/c1-12-10-13(2)16(17(19-4)14(12)3)8-7-15-6-5-9-18-11-15/h10,15,18H,5-9,11H2,1-4H3. The smallest absolute Gasteiger partial charge is 0.125 e. The van der Waals surface area contributed by atoms with E-state index >= 15 is 0 Å². The highest BCUT2D eigenvalue weighted by Crippen LogP contribution is 2.31. The summed E-state index contributed by atoms with van der Waals surface area (Å²) in [4.78, 5) is 0. The number of nitrogens with one attached hydrogen (secondary N) is 1. The Morgan fingerprint density at radius 1 is 1.26 bits per heavy atom. The quantitative estimate of drug-likeness (QED) is 0.895. The second-order valence-electron chi connectivity index (χ2n) is 5.90. The molecule has 1 aromatic carbocycles. The molecule has 0 bridgehead atoms. The maximum atomic E-state index is 5.66. The van der Waals surface area contributed by atoms with Crippen molar-refractivity contribution in [1.82, 2.24) is 5.32 Å². The molecule has 0 amide bonds. The number of ether oxygens (including phenoxy) is 1. The van der Waals surface area contributed by atoms with E-state index in [0.717, 1.165) is 18.1 Å². The Bertz CT molecular complexity index is 433. The predicted molar refractivity (Wildman–Crippen MR) is 81.1 cm³/mol. The van der Waals surface area contributed by atoms with Crippen molar-refractivity contribution in [2.45, 2.75) is 46.5 Å². The zero-order chi connectivity index (χ0) is 13.8. The number of methoxy groups -OCH3 is 1. The highest BCUT2D eigenvalue weighted by molar-refractivity contribution is 5.49. The molecule has 1 N–H and O–H groups in total. The Morgan fingerprint density at radius 3 is 2.68 bits per heavy atom. The Kier molecular flexibility index (Phi) is 4.87. The van der Waals surface area contributed by atoms with Gasteiger partial charge in [0.05, 0.1) is 7.11 Å². The largest absolute Gasteiger partial charge is 0.496 e. The Labute approximate surface area is 117 Å². The molecule has 1 aliphatic rings. The minimum Gasteiger partial charge on any atom is -0.496 e. The van der Waals surface area contributed by atoms with Crippen LogP contribution in [0.2, 0.25) is 0 Å². The lowest BCUT2D eigenvalue weighted by Crippen LogP contribution is -2.30. The summed E-state index contributed by atoms with van der Waals surface area (Å²) in [5, 5.41) is 3.50. The van der Waals surface area contributed by atoms with Gasteiger partial charge in [0.25, 0.3) is 0 Å². The van der Waals surface area contributed by atoms with Gasteiger partial charge in [-0.1, -0.05) is 6.07 Å². The van der Waals surface area contributed by atoms with E-state index in [0.29, 0.717) is 0 Å². The van der Waals surface area contributed by atoms with Crippen molar-refractivity contribution < 1.29 is 4.74 Å². The molecule has 0 aliphatic carbocycles. The van der Waals surface area contributed by atoms with E-state index in [-0.39, 0.29) is 0 Å². The van der Waals surface area contributed by atoms with Crippen LogP contribution in [0.4, 0.5) is 0 Å². The molecule has 19 heavy (non-hydrogen) atoms. The van der Waals surface area contributed by atoms with E-state index in [1.54, 1.807) is 7.11 Å². The first-order valence-electron chi connectivity index (χ1n) is 7.48. The normalized spacial score (nSPS) is 19.5. The van der Waals surface area contributed by atoms with Gasteiger partial charge in [0, 0.05) is 0 Å². The molecule has 0 aromatic heterocycles. The van der Waals surface area contributed by atoms with Crippen LogP contribution in [0.3, 0.4) is 0 Å². The molecule has 2 heteroatoms. The van der Waals surface area contributed by atoms with E-state index in [9.17, 15) is 0 Å².